The molecule has 0 aromatic heterocycles. The van der Waals surface area contributed by atoms with Gasteiger partial charge in [-0.2, -0.15) is 0 Å². The van der Waals surface area contributed by atoms with Crippen LogP contribution in [-0.2, 0) is 4.79 Å². The number of anilines is 1. The van der Waals surface area contributed by atoms with Crippen molar-refractivity contribution in [1.82, 2.24) is 21.1 Å². The van der Waals surface area contributed by atoms with Gasteiger partial charge in [-0.3, -0.25) is 20.9 Å². The summed E-state index contributed by atoms with van der Waals surface area (Å²) in [6, 6.07) is 3.78. The Morgan fingerprint density at radius 3 is 2.68 bits per heavy atom. The average molecular weight is 455 g/mol. The van der Waals surface area contributed by atoms with Gasteiger partial charge in [-0.05, 0) is 49.3 Å². The molecule has 2 heterocycles. The van der Waals surface area contributed by atoms with Crippen LogP contribution < -0.4 is 21.4 Å². The molecule has 4 unspecified atom stereocenters. The van der Waals surface area contributed by atoms with Crippen molar-refractivity contribution in [2.45, 2.75) is 70.9 Å². The fourth-order valence-electron chi connectivity index (χ4n) is 3.81. The van der Waals surface area contributed by atoms with Crippen molar-refractivity contribution in [3.8, 4) is 0 Å². The first-order chi connectivity index (χ1) is 14.5. The second-order valence-corrected chi connectivity index (χ2v) is 9.73. The van der Waals surface area contributed by atoms with Crippen LogP contribution in [-0.4, -0.2) is 53.5 Å². The molecular weight excluding hydrogens is 423 g/mol. The number of guanidine groups is 1. The van der Waals surface area contributed by atoms with E-state index >= 15 is 0 Å². The van der Waals surface area contributed by atoms with Gasteiger partial charge in [0, 0.05) is 23.8 Å². The molecule has 2 aliphatic rings. The highest BCUT2D eigenvalue weighted by molar-refractivity contribution is 6.31. The van der Waals surface area contributed by atoms with Crippen molar-refractivity contribution in [2.75, 3.05) is 12.4 Å². The summed E-state index contributed by atoms with van der Waals surface area (Å²) in [6.07, 6.45) is 1.77. The number of nitrogens with zero attached hydrogens (tertiary/aromatic N) is 2. The molecule has 0 saturated carbocycles. The number of aliphatic hydroxyl groups excluding tert-OH is 1. The first-order valence-corrected chi connectivity index (χ1v) is 10.9. The zero-order chi connectivity index (χ0) is 22.8. The Hall–Kier alpha value is -1.78. The topological polar surface area (TPSA) is 101 Å². The van der Waals surface area contributed by atoms with Crippen molar-refractivity contribution >= 4 is 29.2 Å². The lowest BCUT2D eigenvalue weighted by Gasteiger charge is -2.26. The van der Waals surface area contributed by atoms with Gasteiger partial charge in [0.1, 0.15) is 24.3 Å². The number of nitrogens with one attached hydrogen (secondary N) is 4. The van der Waals surface area contributed by atoms with Crippen molar-refractivity contribution in [3.63, 3.8) is 0 Å². The average Bonchev–Trinajstić information content (AvgIpc) is 3.03. The van der Waals surface area contributed by atoms with Gasteiger partial charge in [0.2, 0.25) is 11.9 Å². The highest BCUT2D eigenvalue weighted by Crippen LogP contribution is 2.28. The van der Waals surface area contributed by atoms with Crippen LogP contribution in [0.4, 0.5) is 10.1 Å². The predicted octanol–water partition coefficient (Wildman–Crippen LogP) is 2.40. The Morgan fingerprint density at radius 1 is 1.32 bits per heavy atom. The predicted molar refractivity (Wildman–Crippen MR) is 120 cm³/mol. The lowest BCUT2D eigenvalue weighted by Crippen LogP contribution is -2.49. The van der Waals surface area contributed by atoms with E-state index in [2.05, 4.69) is 47.1 Å². The van der Waals surface area contributed by atoms with Gasteiger partial charge in [-0.25, -0.2) is 14.4 Å². The number of carbonyl (C=O) groups excluding carboxylic acids is 1. The second-order valence-electron chi connectivity index (χ2n) is 9.29. The number of aliphatic imine (C=N–C) groups is 1. The normalized spacial score (nSPS) is 27.9. The molecule has 10 heteroatoms. The molecule has 2 fully saturated rings. The molecule has 0 aliphatic carbocycles. The largest absolute Gasteiger partial charge is 0.379 e. The van der Waals surface area contributed by atoms with Crippen molar-refractivity contribution in [1.29, 1.82) is 0 Å². The minimum Gasteiger partial charge on any atom is -0.379 e. The summed E-state index contributed by atoms with van der Waals surface area (Å²) in [6.45, 7) is 6.38. The highest BCUT2D eigenvalue weighted by Gasteiger charge is 2.40. The molecule has 0 radical (unpaired) electrons. The fraction of sp³-hybridized carbons (Fsp3) is 0.619. The van der Waals surface area contributed by atoms with Crippen molar-refractivity contribution in [2.24, 2.45) is 10.4 Å². The standard InChI is InChI=1S/C21H32ClFN6O2/c1-21(2,3)16-11-15(29(4)28-16)19(31)27-20(26-17-6-5-7-18(30)25-17)24-14-9-12(22)8-13(23)10-14/h8-10,15-18,25,28,30H,5-7,11H2,1-4H3,(H2,24,26,27,31). The highest BCUT2D eigenvalue weighted by atomic mass is 35.5. The minimum absolute atomic E-state index is 0.00106. The zero-order valence-corrected chi connectivity index (χ0v) is 19.1. The first kappa shape index (κ1) is 23.9. The molecule has 0 bridgehead atoms. The number of likely N-dealkylation sites (N-methyl/N-ethyl adjacent to an activating group) is 1. The van der Waals surface area contributed by atoms with E-state index in [9.17, 15) is 14.3 Å². The molecule has 1 aromatic rings. The van der Waals surface area contributed by atoms with E-state index in [1.54, 1.807) is 6.07 Å². The molecular formula is C21H32ClFN6O2. The zero-order valence-electron chi connectivity index (χ0n) is 18.4. The molecule has 172 valence electrons. The summed E-state index contributed by atoms with van der Waals surface area (Å²) in [5, 5.41) is 20.7. The second kappa shape index (κ2) is 9.79. The third-order valence-corrected chi connectivity index (χ3v) is 5.84. The molecule has 3 rings (SSSR count). The van der Waals surface area contributed by atoms with Gasteiger partial charge in [-0.15, -0.1) is 0 Å². The van der Waals surface area contributed by atoms with E-state index in [1.807, 2.05) is 12.1 Å². The molecule has 2 saturated heterocycles. The fourth-order valence-corrected chi connectivity index (χ4v) is 4.03. The van der Waals surface area contributed by atoms with Gasteiger partial charge in [0.15, 0.2) is 0 Å². The molecule has 4 atom stereocenters. The van der Waals surface area contributed by atoms with E-state index in [1.165, 1.54) is 12.1 Å². The maximum Gasteiger partial charge on any atom is 0.245 e. The Bertz CT molecular complexity index is 810. The van der Waals surface area contributed by atoms with Crippen LogP contribution in [0.1, 0.15) is 46.5 Å². The monoisotopic (exact) mass is 454 g/mol. The van der Waals surface area contributed by atoms with Crippen molar-refractivity contribution in [3.05, 3.63) is 29.0 Å². The quantitative estimate of drug-likeness (QED) is 0.355. The number of halogens is 2. The van der Waals surface area contributed by atoms with Crippen LogP contribution >= 0.6 is 11.6 Å². The van der Waals surface area contributed by atoms with Crippen molar-refractivity contribution < 1.29 is 14.3 Å². The summed E-state index contributed by atoms with van der Waals surface area (Å²) in [5.74, 6) is -0.558. The van der Waals surface area contributed by atoms with Crippen LogP contribution in [0, 0.1) is 11.2 Å². The number of hydrazine groups is 1. The molecule has 31 heavy (non-hydrogen) atoms. The molecule has 1 aromatic carbocycles. The van der Waals surface area contributed by atoms with Gasteiger partial charge in [0.05, 0.1) is 0 Å². The number of amides is 1. The first-order valence-electron chi connectivity index (χ1n) is 10.6. The van der Waals surface area contributed by atoms with Gasteiger partial charge >= 0.3 is 0 Å². The maximum atomic E-state index is 13.8. The lowest BCUT2D eigenvalue weighted by molar-refractivity contribution is -0.124. The number of benzene rings is 1. The summed E-state index contributed by atoms with van der Waals surface area (Å²) in [5.41, 5.74) is 3.72. The molecule has 2 aliphatic heterocycles. The number of piperidine rings is 1. The maximum absolute atomic E-state index is 13.8. The van der Waals surface area contributed by atoms with Crippen LogP contribution in [0.3, 0.4) is 0 Å². The number of aliphatic hydroxyl groups is 1. The Balaban J connectivity index is 1.78. The molecule has 0 spiro atoms. The number of hydrogen-bond acceptors (Lipinski definition) is 6. The Labute approximate surface area is 187 Å². The van der Waals surface area contributed by atoms with E-state index in [4.69, 9.17) is 11.6 Å². The Morgan fingerprint density at radius 2 is 2.06 bits per heavy atom. The van der Waals surface area contributed by atoms with Gasteiger partial charge in [-0.1, -0.05) is 32.4 Å². The third kappa shape index (κ3) is 6.60. The molecule has 5 N–H and O–H groups in total. The van der Waals surface area contributed by atoms with Crippen LogP contribution in [0.15, 0.2) is 23.2 Å². The van der Waals surface area contributed by atoms with E-state index in [0.29, 0.717) is 24.9 Å². The molecule has 8 nitrogen and oxygen atoms in total. The van der Waals surface area contributed by atoms with E-state index in [0.717, 1.165) is 6.42 Å². The third-order valence-electron chi connectivity index (χ3n) is 5.63. The number of hydrogen-bond donors (Lipinski definition) is 5. The smallest absolute Gasteiger partial charge is 0.245 e. The number of rotatable bonds is 3. The summed E-state index contributed by atoms with van der Waals surface area (Å²) in [4.78, 5) is 17.6. The van der Waals surface area contributed by atoms with E-state index < -0.39 is 18.1 Å². The van der Waals surface area contributed by atoms with Crippen LogP contribution in [0.2, 0.25) is 5.02 Å². The lowest BCUT2D eigenvalue weighted by atomic mass is 9.84. The minimum atomic E-state index is -0.652. The van der Waals surface area contributed by atoms with Crippen LogP contribution in [0.5, 0.6) is 0 Å². The summed E-state index contributed by atoms with van der Waals surface area (Å²) < 4.78 is 13.8. The summed E-state index contributed by atoms with van der Waals surface area (Å²) >= 11 is 5.96. The molecule has 1 amide bonds. The van der Waals surface area contributed by atoms with Gasteiger partial charge in [0.25, 0.3) is 0 Å². The summed E-state index contributed by atoms with van der Waals surface area (Å²) in [7, 11) is 1.84. The SMILES string of the molecule is CN1NC(C(C)(C)C)CC1C(=O)NC(=NC1CCCC(O)N1)Nc1cc(F)cc(Cl)c1. The Kier molecular flexibility index (Phi) is 7.54. The van der Waals surface area contributed by atoms with Gasteiger partial charge < -0.3 is 10.4 Å². The number of carbonyl (C=O) groups is 1. The van der Waals surface area contributed by atoms with E-state index in [-0.39, 0.29) is 34.5 Å². The van der Waals surface area contributed by atoms with Crippen LogP contribution in [0.25, 0.3) is 0 Å².